The van der Waals surface area contributed by atoms with Gasteiger partial charge in [0.15, 0.2) is 6.10 Å². The number of amides is 1. The lowest BCUT2D eigenvalue weighted by atomic mass is 9.89. The average Bonchev–Trinajstić information content (AvgIpc) is 2.90. The van der Waals surface area contributed by atoms with E-state index in [0.29, 0.717) is 5.56 Å². The quantitative estimate of drug-likeness (QED) is 0.769. The molecule has 1 fully saturated rings. The van der Waals surface area contributed by atoms with Gasteiger partial charge < -0.3 is 14.7 Å². The second-order valence-electron chi connectivity index (χ2n) is 8.00. The van der Waals surface area contributed by atoms with Crippen LogP contribution >= 0.6 is 0 Å². The summed E-state index contributed by atoms with van der Waals surface area (Å²) in [6.07, 6.45) is -5.77. The molecule has 1 atom stereocenters. The average molecular weight is 432 g/mol. The maximum Gasteiger partial charge on any atom is 0.417 e. The molecular weight excluding hydrogens is 413 g/mol. The maximum atomic E-state index is 13.2. The molecule has 1 amide bonds. The molecule has 0 spiro atoms. The van der Waals surface area contributed by atoms with Gasteiger partial charge in [0.25, 0.3) is 5.91 Å². The fourth-order valence-corrected chi connectivity index (χ4v) is 3.58. The van der Waals surface area contributed by atoms with E-state index in [1.165, 1.54) is 29.2 Å². The van der Waals surface area contributed by atoms with Gasteiger partial charge >= 0.3 is 12.1 Å². The number of carbonyl (C=O) groups is 2. The molecule has 0 bridgehead atoms. The Morgan fingerprint density at radius 3 is 2.61 bits per heavy atom. The smallest absolute Gasteiger partial charge is 0.417 e. The van der Waals surface area contributed by atoms with Crippen molar-refractivity contribution in [1.82, 2.24) is 4.90 Å². The number of likely N-dealkylation sites (tertiary alicyclic amines) is 1. The molecule has 31 heavy (non-hydrogen) atoms. The van der Waals surface area contributed by atoms with Gasteiger partial charge in [-0.05, 0) is 35.9 Å². The number of hydrogen-bond donors (Lipinski definition) is 1. The van der Waals surface area contributed by atoms with Gasteiger partial charge in [-0.1, -0.05) is 26.0 Å². The number of nitrogens with zero attached hydrogens (tertiary/aromatic N) is 2. The zero-order valence-electron chi connectivity index (χ0n) is 16.7. The van der Waals surface area contributed by atoms with Crippen molar-refractivity contribution in [2.24, 2.45) is 5.41 Å². The summed E-state index contributed by atoms with van der Waals surface area (Å²) in [5.41, 5.74) is -1.67. The van der Waals surface area contributed by atoms with Crippen molar-refractivity contribution in [2.75, 3.05) is 6.54 Å². The normalized spacial score (nSPS) is 18.0. The molecule has 0 radical (unpaired) electrons. The Morgan fingerprint density at radius 1 is 1.29 bits per heavy atom. The minimum Gasteiger partial charge on any atom is -0.480 e. The van der Waals surface area contributed by atoms with Crippen LogP contribution in [-0.4, -0.2) is 34.5 Å². The molecule has 3 rings (SSSR count). The topological polar surface area (TPSA) is 90.6 Å². The van der Waals surface area contributed by atoms with Gasteiger partial charge in [0.2, 0.25) is 0 Å². The number of ether oxygens (including phenoxy) is 1. The summed E-state index contributed by atoms with van der Waals surface area (Å²) in [5.74, 6) is -1.66. The molecule has 2 aromatic rings. The first-order chi connectivity index (χ1) is 14.4. The summed E-state index contributed by atoms with van der Waals surface area (Å²) >= 11 is 0. The van der Waals surface area contributed by atoms with Crippen LogP contribution in [0.5, 0.6) is 5.75 Å². The molecule has 6 nitrogen and oxygen atoms in total. The third kappa shape index (κ3) is 4.63. The Bertz CT molecular complexity index is 1070. The van der Waals surface area contributed by atoms with Crippen molar-refractivity contribution < 1.29 is 32.6 Å². The van der Waals surface area contributed by atoms with Gasteiger partial charge in [-0.15, -0.1) is 0 Å². The molecular formula is C22H19F3N2O4. The summed E-state index contributed by atoms with van der Waals surface area (Å²) in [7, 11) is 0. The predicted molar refractivity (Wildman–Crippen MR) is 103 cm³/mol. The third-order valence-electron chi connectivity index (χ3n) is 5.06. The number of aromatic carboxylic acids is 1. The molecule has 1 N–H and O–H groups in total. The highest BCUT2D eigenvalue weighted by Gasteiger charge is 2.48. The molecule has 1 aliphatic rings. The maximum absolute atomic E-state index is 13.2. The van der Waals surface area contributed by atoms with Crippen molar-refractivity contribution in [3.63, 3.8) is 0 Å². The van der Waals surface area contributed by atoms with E-state index in [4.69, 9.17) is 15.1 Å². The summed E-state index contributed by atoms with van der Waals surface area (Å²) in [4.78, 5) is 25.6. The lowest BCUT2D eigenvalue weighted by Gasteiger charge is -2.24. The Morgan fingerprint density at radius 2 is 2.00 bits per heavy atom. The van der Waals surface area contributed by atoms with Crippen LogP contribution in [0.4, 0.5) is 13.2 Å². The fourth-order valence-electron chi connectivity index (χ4n) is 3.58. The zero-order valence-corrected chi connectivity index (χ0v) is 16.7. The number of rotatable bonds is 5. The number of carboxylic acid groups (broad SMARTS) is 1. The lowest BCUT2D eigenvalue weighted by Crippen LogP contribution is -2.36. The molecule has 9 heteroatoms. The second kappa shape index (κ2) is 7.95. The minimum absolute atomic E-state index is 0.0912. The molecule has 0 saturated carbocycles. The van der Waals surface area contributed by atoms with Crippen molar-refractivity contribution in [2.45, 2.75) is 32.7 Å². The Balaban J connectivity index is 1.83. The molecule has 1 aliphatic heterocycles. The first-order valence-electron chi connectivity index (χ1n) is 9.31. The number of benzene rings is 2. The van der Waals surface area contributed by atoms with Crippen LogP contribution in [0.2, 0.25) is 0 Å². The number of hydrogen-bond acceptors (Lipinski definition) is 4. The van der Waals surface area contributed by atoms with E-state index in [-0.39, 0.29) is 24.4 Å². The SMILES string of the molecule is CC1(C)CN(Cc2cccc(C(=O)O)c2)C(=O)C1Oc1ccc(C#N)c(C(F)(F)F)c1. The van der Waals surface area contributed by atoms with Gasteiger partial charge in [-0.2, -0.15) is 18.4 Å². The Hall–Kier alpha value is -3.54. The Labute approximate surface area is 176 Å². The lowest BCUT2D eigenvalue weighted by molar-refractivity contribution is -0.138. The number of alkyl halides is 3. The molecule has 1 unspecified atom stereocenters. The van der Waals surface area contributed by atoms with Gasteiger partial charge in [0.1, 0.15) is 5.75 Å². The van der Waals surface area contributed by atoms with E-state index < -0.39 is 40.7 Å². The number of carboxylic acids is 1. The number of halogens is 3. The summed E-state index contributed by atoms with van der Waals surface area (Å²) in [6.45, 7) is 3.94. The highest BCUT2D eigenvalue weighted by Crippen LogP contribution is 2.38. The van der Waals surface area contributed by atoms with E-state index in [1.807, 2.05) is 0 Å². The summed E-state index contributed by atoms with van der Waals surface area (Å²) in [5, 5.41) is 18.0. The first kappa shape index (κ1) is 22.2. The minimum atomic E-state index is -4.74. The van der Waals surface area contributed by atoms with E-state index in [0.717, 1.165) is 12.1 Å². The monoisotopic (exact) mass is 432 g/mol. The van der Waals surface area contributed by atoms with E-state index in [1.54, 1.807) is 26.0 Å². The Kier molecular flexibility index (Phi) is 5.68. The highest BCUT2D eigenvalue weighted by molar-refractivity contribution is 5.88. The van der Waals surface area contributed by atoms with Crippen LogP contribution in [0.1, 0.15) is 40.9 Å². The third-order valence-corrected chi connectivity index (χ3v) is 5.06. The number of nitriles is 1. The fraction of sp³-hybridized carbons (Fsp3) is 0.318. The van der Waals surface area contributed by atoms with Crippen molar-refractivity contribution in [3.8, 4) is 11.8 Å². The van der Waals surface area contributed by atoms with Gasteiger partial charge in [0.05, 0.1) is 22.8 Å². The van der Waals surface area contributed by atoms with Gasteiger partial charge in [0, 0.05) is 18.5 Å². The van der Waals surface area contributed by atoms with Crippen molar-refractivity contribution >= 4 is 11.9 Å². The van der Waals surface area contributed by atoms with E-state index >= 15 is 0 Å². The van der Waals surface area contributed by atoms with Crippen LogP contribution in [-0.2, 0) is 17.5 Å². The van der Waals surface area contributed by atoms with Crippen LogP contribution in [0, 0.1) is 16.7 Å². The van der Waals surface area contributed by atoms with Crippen LogP contribution in [0.3, 0.4) is 0 Å². The van der Waals surface area contributed by atoms with Crippen LogP contribution in [0.15, 0.2) is 42.5 Å². The van der Waals surface area contributed by atoms with E-state index in [9.17, 15) is 22.8 Å². The first-order valence-corrected chi connectivity index (χ1v) is 9.31. The van der Waals surface area contributed by atoms with Gasteiger partial charge in [-0.3, -0.25) is 4.79 Å². The van der Waals surface area contributed by atoms with E-state index in [2.05, 4.69) is 0 Å². The zero-order chi connectivity index (χ0) is 23.0. The number of carbonyl (C=O) groups excluding carboxylic acids is 1. The largest absolute Gasteiger partial charge is 0.480 e. The molecule has 1 saturated heterocycles. The standard InChI is InChI=1S/C22H19F3N2O4/c1-21(2)12-27(11-13-4-3-5-14(8-13)20(29)30)19(28)18(21)31-16-7-6-15(10-26)17(9-16)22(23,24)25/h3-9,18H,11-12H2,1-2H3,(H,29,30). The van der Waals surface area contributed by atoms with Crippen molar-refractivity contribution in [3.05, 3.63) is 64.7 Å². The molecule has 0 aromatic heterocycles. The molecule has 162 valence electrons. The summed E-state index contributed by atoms with van der Waals surface area (Å²) in [6, 6.07) is 10.6. The van der Waals surface area contributed by atoms with Crippen molar-refractivity contribution in [1.29, 1.82) is 5.26 Å². The molecule has 1 heterocycles. The van der Waals surface area contributed by atoms with Crippen LogP contribution in [0.25, 0.3) is 0 Å². The molecule has 2 aromatic carbocycles. The molecule has 0 aliphatic carbocycles. The highest BCUT2D eigenvalue weighted by atomic mass is 19.4. The van der Waals surface area contributed by atoms with Crippen LogP contribution < -0.4 is 4.74 Å². The van der Waals surface area contributed by atoms with Gasteiger partial charge in [-0.25, -0.2) is 4.79 Å². The summed E-state index contributed by atoms with van der Waals surface area (Å²) < 4.78 is 45.4. The second-order valence-corrected chi connectivity index (χ2v) is 8.00. The predicted octanol–water partition coefficient (Wildman–Crippen LogP) is 4.09.